The van der Waals surface area contributed by atoms with E-state index in [4.69, 9.17) is 5.26 Å². The summed E-state index contributed by atoms with van der Waals surface area (Å²) >= 11 is 0. The van der Waals surface area contributed by atoms with Crippen molar-refractivity contribution in [3.63, 3.8) is 0 Å². The average molecular weight is 418 g/mol. The van der Waals surface area contributed by atoms with E-state index in [0.717, 1.165) is 17.7 Å². The van der Waals surface area contributed by atoms with Crippen LogP contribution in [0.3, 0.4) is 0 Å². The molecule has 156 valence electrons. The average Bonchev–Trinajstić information content (AvgIpc) is 2.69. The molecule has 0 saturated heterocycles. The number of hydrogen-bond acceptors (Lipinski definition) is 2. The normalized spacial score (nSPS) is 13.0. The molecule has 1 N–H and O–H groups in total. The van der Waals surface area contributed by atoms with E-state index >= 15 is 0 Å². The second kappa shape index (κ2) is 8.95. The van der Waals surface area contributed by atoms with E-state index in [2.05, 4.69) is 11.9 Å². The summed E-state index contributed by atoms with van der Waals surface area (Å²) in [7, 11) is 1.61. The topological polar surface area (TPSA) is 35.8 Å². The van der Waals surface area contributed by atoms with Gasteiger partial charge in [-0.1, -0.05) is 49.1 Å². The lowest BCUT2D eigenvalue weighted by molar-refractivity contribution is -0.137. The Kier molecular flexibility index (Phi) is 6.83. The molecule has 0 aliphatic carbocycles. The minimum Gasteiger partial charge on any atom is -0.379 e. The van der Waals surface area contributed by atoms with Gasteiger partial charge in [0, 0.05) is 25.1 Å². The first kappa shape index (κ1) is 22.9. The molecule has 0 heterocycles. The summed E-state index contributed by atoms with van der Waals surface area (Å²) in [6.07, 6.45) is -0.324. The van der Waals surface area contributed by atoms with Crippen molar-refractivity contribution in [2.45, 2.75) is 19.0 Å². The predicted octanol–water partition coefficient (Wildman–Crippen LogP) is 6.63. The first-order valence-electron chi connectivity index (χ1n) is 8.83. The highest BCUT2D eigenvalue weighted by Gasteiger charge is 2.34. The molecule has 0 aliphatic rings. The summed E-state index contributed by atoms with van der Waals surface area (Å²) in [5.41, 5.74) is 0.484. The Morgan fingerprint density at radius 3 is 2.00 bits per heavy atom. The van der Waals surface area contributed by atoms with Crippen LogP contribution < -0.4 is 5.32 Å². The lowest BCUT2D eigenvalue weighted by Crippen LogP contribution is -2.12. The summed E-state index contributed by atoms with van der Waals surface area (Å²) in [5, 5.41) is 11.9. The largest absolute Gasteiger partial charge is 0.416 e. The molecule has 0 radical (unpaired) electrons. The van der Waals surface area contributed by atoms with Crippen LogP contribution >= 0.6 is 0 Å². The first-order valence-corrected chi connectivity index (χ1v) is 8.83. The fourth-order valence-electron chi connectivity index (χ4n) is 2.75. The highest BCUT2D eigenvalue weighted by atomic mass is 19.4. The van der Waals surface area contributed by atoms with Crippen LogP contribution in [0.5, 0.6) is 0 Å². The Balaban J connectivity index is 2.39. The Morgan fingerprint density at radius 2 is 1.53 bits per heavy atom. The molecule has 0 spiro atoms. The standard InChI is InChI=1S/C23H19F5N2/c1-4-20(21(14-29)30-3)17-9-7-15(8-10-17)5-6-16-11-18(22(2,24)25)13-19(12-16)23(26,27)28/h4-13,30H,1H2,2-3H3/b6-5+,21-20+. The van der Waals surface area contributed by atoms with Crippen LogP contribution in [0.25, 0.3) is 17.7 Å². The molecule has 0 bridgehead atoms. The number of nitriles is 1. The minimum atomic E-state index is -4.73. The zero-order valence-corrected chi connectivity index (χ0v) is 16.3. The van der Waals surface area contributed by atoms with Crippen molar-refractivity contribution in [1.29, 1.82) is 5.26 Å². The van der Waals surface area contributed by atoms with E-state index in [1.54, 1.807) is 31.3 Å². The summed E-state index contributed by atoms with van der Waals surface area (Å²) in [6.45, 7) is 4.25. The van der Waals surface area contributed by atoms with Gasteiger partial charge in [0.05, 0.1) is 5.56 Å². The number of alkyl halides is 5. The Morgan fingerprint density at radius 1 is 0.967 bits per heavy atom. The number of nitrogens with one attached hydrogen (secondary N) is 1. The van der Waals surface area contributed by atoms with Gasteiger partial charge in [0.1, 0.15) is 11.8 Å². The van der Waals surface area contributed by atoms with Crippen LogP contribution in [0.4, 0.5) is 22.0 Å². The molecule has 2 aromatic rings. The third-order valence-corrected chi connectivity index (χ3v) is 4.31. The predicted molar refractivity (Wildman–Crippen MR) is 108 cm³/mol. The molecule has 0 atom stereocenters. The number of allylic oxidation sites excluding steroid dienone is 3. The molecule has 7 heteroatoms. The SMILES string of the molecule is C=C/C(=C(/C#N)NC)c1ccc(/C=C/c2cc(C(C)(F)F)cc(C(F)(F)F)c2)cc1. The maximum absolute atomic E-state index is 13.6. The lowest BCUT2D eigenvalue weighted by Gasteiger charge is -2.15. The van der Waals surface area contributed by atoms with Gasteiger partial charge >= 0.3 is 6.18 Å². The maximum atomic E-state index is 13.6. The van der Waals surface area contributed by atoms with Gasteiger partial charge in [-0.05, 0) is 34.9 Å². The lowest BCUT2D eigenvalue weighted by atomic mass is 10.00. The van der Waals surface area contributed by atoms with Crippen molar-refractivity contribution in [2.24, 2.45) is 0 Å². The van der Waals surface area contributed by atoms with Crippen molar-refractivity contribution in [2.75, 3.05) is 7.05 Å². The molecule has 2 rings (SSSR count). The molecule has 0 aliphatic heterocycles. The van der Waals surface area contributed by atoms with Crippen LogP contribution in [0.2, 0.25) is 0 Å². The van der Waals surface area contributed by atoms with Gasteiger partial charge in [-0.15, -0.1) is 0 Å². The van der Waals surface area contributed by atoms with Gasteiger partial charge in [0.2, 0.25) is 0 Å². The number of rotatable bonds is 6. The van der Waals surface area contributed by atoms with Gasteiger partial charge < -0.3 is 5.32 Å². The fourth-order valence-corrected chi connectivity index (χ4v) is 2.75. The summed E-state index contributed by atoms with van der Waals surface area (Å²) < 4.78 is 66.4. The monoisotopic (exact) mass is 418 g/mol. The van der Waals surface area contributed by atoms with Crippen molar-refractivity contribution in [3.05, 3.63) is 88.6 Å². The van der Waals surface area contributed by atoms with E-state index in [0.29, 0.717) is 29.8 Å². The number of hydrogen-bond donors (Lipinski definition) is 1. The van der Waals surface area contributed by atoms with Gasteiger partial charge in [-0.25, -0.2) is 8.78 Å². The van der Waals surface area contributed by atoms with E-state index < -0.39 is 23.2 Å². The fraction of sp³-hybridized carbons (Fsp3) is 0.174. The summed E-state index contributed by atoms with van der Waals surface area (Å²) in [5.74, 6) is -3.40. The molecule has 0 aromatic heterocycles. The Hall–Kier alpha value is -3.40. The second-order valence-corrected chi connectivity index (χ2v) is 6.54. The minimum absolute atomic E-state index is 0.0130. The zero-order chi connectivity index (χ0) is 22.5. The van der Waals surface area contributed by atoms with E-state index in [9.17, 15) is 22.0 Å². The van der Waals surface area contributed by atoms with E-state index in [-0.39, 0.29) is 5.56 Å². The number of halogens is 5. The molecule has 2 aromatic carbocycles. The molecule has 0 amide bonds. The van der Waals surface area contributed by atoms with Gasteiger partial charge in [0.25, 0.3) is 5.92 Å². The van der Waals surface area contributed by atoms with E-state index in [1.165, 1.54) is 18.2 Å². The third-order valence-electron chi connectivity index (χ3n) is 4.31. The Labute approximate surface area is 171 Å². The maximum Gasteiger partial charge on any atom is 0.416 e. The van der Waals surface area contributed by atoms with Gasteiger partial charge in [-0.3, -0.25) is 0 Å². The van der Waals surface area contributed by atoms with Crippen LogP contribution in [0.1, 0.15) is 34.7 Å². The Bertz CT molecular complexity index is 985. The zero-order valence-electron chi connectivity index (χ0n) is 16.3. The molecular formula is C23H19F5N2. The second-order valence-electron chi connectivity index (χ2n) is 6.54. The molecule has 0 unspecified atom stereocenters. The van der Waals surface area contributed by atoms with Crippen molar-refractivity contribution in [1.82, 2.24) is 5.32 Å². The van der Waals surface area contributed by atoms with E-state index in [1.807, 2.05) is 6.07 Å². The molecule has 0 fully saturated rings. The number of benzene rings is 2. The van der Waals surface area contributed by atoms with Gasteiger partial charge in [-0.2, -0.15) is 18.4 Å². The number of nitrogens with zero attached hydrogens (tertiary/aromatic N) is 1. The van der Waals surface area contributed by atoms with Gasteiger partial charge in [0.15, 0.2) is 0 Å². The molecule has 2 nitrogen and oxygen atoms in total. The molecule has 0 saturated carbocycles. The van der Waals surface area contributed by atoms with Crippen molar-refractivity contribution in [3.8, 4) is 6.07 Å². The van der Waals surface area contributed by atoms with Crippen LogP contribution in [-0.4, -0.2) is 7.05 Å². The van der Waals surface area contributed by atoms with Crippen LogP contribution in [-0.2, 0) is 12.1 Å². The highest BCUT2D eigenvalue weighted by Crippen LogP contribution is 2.35. The van der Waals surface area contributed by atoms with Crippen molar-refractivity contribution >= 4 is 17.7 Å². The third kappa shape index (κ3) is 5.57. The summed E-state index contributed by atoms with van der Waals surface area (Å²) in [6, 6.07) is 11.2. The van der Waals surface area contributed by atoms with Crippen molar-refractivity contribution < 1.29 is 22.0 Å². The van der Waals surface area contributed by atoms with Crippen LogP contribution in [0, 0.1) is 11.3 Å². The highest BCUT2D eigenvalue weighted by molar-refractivity contribution is 5.79. The quantitative estimate of drug-likeness (QED) is 0.247. The van der Waals surface area contributed by atoms with Crippen LogP contribution in [0.15, 0.2) is 60.8 Å². The first-order chi connectivity index (χ1) is 14.0. The molecule has 30 heavy (non-hydrogen) atoms. The summed E-state index contributed by atoms with van der Waals surface area (Å²) in [4.78, 5) is 0. The smallest absolute Gasteiger partial charge is 0.379 e. The molecular weight excluding hydrogens is 399 g/mol.